The highest BCUT2D eigenvalue weighted by Gasteiger charge is 2.27. The highest BCUT2D eigenvalue weighted by molar-refractivity contribution is 7.12. The predicted octanol–water partition coefficient (Wildman–Crippen LogP) is 5.58. The molecule has 3 aromatic rings. The molecule has 1 N–H and O–H groups in total. The van der Waals surface area contributed by atoms with Gasteiger partial charge in [-0.05, 0) is 84.4 Å². The largest absolute Gasteiger partial charge is 0.466 e. The van der Waals surface area contributed by atoms with Crippen molar-refractivity contribution < 1.29 is 14.3 Å². The smallest absolute Gasteiger partial charge is 0.308 e. The number of nitrogens with one attached hydrogen (secondary N) is 1. The Labute approximate surface area is 192 Å². The van der Waals surface area contributed by atoms with E-state index in [1.54, 1.807) is 12.4 Å². The lowest BCUT2D eigenvalue weighted by atomic mass is 9.82. The second kappa shape index (κ2) is 10.6. The van der Waals surface area contributed by atoms with Gasteiger partial charge in [0.2, 0.25) is 0 Å². The van der Waals surface area contributed by atoms with Crippen LogP contribution in [-0.2, 0) is 9.53 Å². The summed E-state index contributed by atoms with van der Waals surface area (Å²) in [7, 11) is 0. The van der Waals surface area contributed by atoms with Crippen LogP contribution in [0.2, 0.25) is 0 Å². The molecule has 1 fully saturated rings. The van der Waals surface area contributed by atoms with Gasteiger partial charge in [0.15, 0.2) is 0 Å². The molecule has 0 unspecified atom stereocenters. The Morgan fingerprint density at radius 3 is 2.25 bits per heavy atom. The fourth-order valence-electron chi connectivity index (χ4n) is 4.19. The standard InChI is InChI=1S/C26H28N2O3S/c1-2-31-26(30)22-5-3-18(4-6-22)16-28-25(29)24-15-23(17-32-24)20-9-7-19(8-10-20)21-11-13-27-14-12-21/h7-15,17-18,22H,2-6,16H2,1H3,(H,28,29). The Balaban J connectivity index is 1.29. The molecule has 166 valence electrons. The first-order valence-corrected chi connectivity index (χ1v) is 12.1. The first kappa shape index (κ1) is 22.2. The topological polar surface area (TPSA) is 68.3 Å². The number of ether oxygens (including phenoxy) is 1. The maximum atomic E-state index is 12.6. The molecule has 0 atom stereocenters. The van der Waals surface area contributed by atoms with E-state index < -0.39 is 0 Å². The molecule has 1 aliphatic carbocycles. The number of esters is 1. The summed E-state index contributed by atoms with van der Waals surface area (Å²) in [5.41, 5.74) is 4.42. The third-order valence-corrected chi connectivity index (χ3v) is 7.00. The van der Waals surface area contributed by atoms with E-state index in [-0.39, 0.29) is 17.8 Å². The van der Waals surface area contributed by atoms with Crippen molar-refractivity contribution in [2.45, 2.75) is 32.6 Å². The molecule has 0 saturated heterocycles. The fourth-order valence-corrected chi connectivity index (χ4v) is 5.02. The van der Waals surface area contributed by atoms with Crippen LogP contribution in [0.25, 0.3) is 22.3 Å². The molecule has 0 radical (unpaired) electrons. The van der Waals surface area contributed by atoms with Crippen molar-refractivity contribution in [3.05, 3.63) is 65.1 Å². The number of aromatic nitrogens is 1. The lowest BCUT2D eigenvalue weighted by Gasteiger charge is -2.27. The number of hydrogen-bond acceptors (Lipinski definition) is 5. The van der Waals surface area contributed by atoms with E-state index in [0.29, 0.717) is 19.1 Å². The van der Waals surface area contributed by atoms with E-state index in [1.165, 1.54) is 11.3 Å². The molecule has 1 aromatic carbocycles. The third-order valence-electron chi connectivity index (χ3n) is 6.07. The monoisotopic (exact) mass is 448 g/mol. The van der Waals surface area contributed by atoms with Crippen LogP contribution >= 0.6 is 11.3 Å². The van der Waals surface area contributed by atoms with Gasteiger partial charge in [0, 0.05) is 18.9 Å². The quantitative estimate of drug-likeness (QED) is 0.479. The summed E-state index contributed by atoms with van der Waals surface area (Å²) in [5, 5.41) is 5.11. The van der Waals surface area contributed by atoms with Gasteiger partial charge in [0.05, 0.1) is 17.4 Å². The maximum absolute atomic E-state index is 12.6. The Kier molecular flexibility index (Phi) is 7.32. The minimum Gasteiger partial charge on any atom is -0.466 e. The Morgan fingerprint density at radius 1 is 0.969 bits per heavy atom. The molecule has 1 amide bonds. The van der Waals surface area contributed by atoms with E-state index in [2.05, 4.69) is 34.6 Å². The van der Waals surface area contributed by atoms with E-state index >= 15 is 0 Å². The number of rotatable bonds is 7. The average molecular weight is 449 g/mol. The highest BCUT2D eigenvalue weighted by atomic mass is 32.1. The molecule has 2 heterocycles. The van der Waals surface area contributed by atoms with E-state index in [0.717, 1.165) is 52.8 Å². The van der Waals surface area contributed by atoms with Gasteiger partial charge in [-0.15, -0.1) is 11.3 Å². The second-order valence-electron chi connectivity index (χ2n) is 8.19. The number of amides is 1. The molecule has 5 nitrogen and oxygen atoms in total. The number of hydrogen-bond donors (Lipinski definition) is 1. The van der Waals surface area contributed by atoms with Crippen LogP contribution in [0.5, 0.6) is 0 Å². The molecule has 1 aliphatic rings. The molecule has 32 heavy (non-hydrogen) atoms. The van der Waals surface area contributed by atoms with Crippen LogP contribution in [0.3, 0.4) is 0 Å². The summed E-state index contributed by atoms with van der Waals surface area (Å²) in [4.78, 5) is 29.3. The maximum Gasteiger partial charge on any atom is 0.308 e. The van der Waals surface area contributed by atoms with Crippen LogP contribution in [0.4, 0.5) is 0 Å². The zero-order valence-electron chi connectivity index (χ0n) is 18.3. The summed E-state index contributed by atoms with van der Waals surface area (Å²) in [6.45, 7) is 2.93. The van der Waals surface area contributed by atoms with E-state index in [9.17, 15) is 9.59 Å². The summed E-state index contributed by atoms with van der Waals surface area (Å²) in [6, 6.07) is 14.3. The van der Waals surface area contributed by atoms with Crippen molar-refractivity contribution in [1.29, 1.82) is 0 Å². The number of nitrogens with zero attached hydrogens (tertiary/aromatic N) is 1. The van der Waals surface area contributed by atoms with Crippen molar-refractivity contribution in [1.82, 2.24) is 10.3 Å². The molecule has 0 bridgehead atoms. The molecule has 1 saturated carbocycles. The number of pyridine rings is 1. The van der Waals surface area contributed by atoms with E-state index in [4.69, 9.17) is 4.74 Å². The molecule has 4 rings (SSSR count). The molecule has 2 aromatic heterocycles. The lowest BCUT2D eigenvalue weighted by molar-refractivity contribution is -0.149. The number of carbonyl (C=O) groups is 2. The Morgan fingerprint density at radius 2 is 1.59 bits per heavy atom. The van der Waals surface area contributed by atoms with Crippen molar-refractivity contribution in [2.75, 3.05) is 13.2 Å². The van der Waals surface area contributed by atoms with Crippen molar-refractivity contribution >= 4 is 23.2 Å². The summed E-state index contributed by atoms with van der Waals surface area (Å²) >= 11 is 1.47. The average Bonchev–Trinajstić information content (AvgIpc) is 3.34. The van der Waals surface area contributed by atoms with Crippen molar-refractivity contribution in [3.63, 3.8) is 0 Å². The van der Waals surface area contributed by atoms with E-state index in [1.807, 2.05) is 30.5 Å². The number of thiophene rings is 1. The summed E-state index contributed by atoms with van der Waals surface area (Å²) in [5.74, 6) is 0.341. The molecule has 6 heteroatoms. The molecular formula is C26H28N2O3S. The fraction of sp³-hybridized carbons (Fsp3) is 0.346. The van der Waals surface area contributed by atoms with Crippen LogP contribution < -0.4 is 5.32 Å². The van der Waals surface area contributed by atoms with Gasteiger partial charge in [-0.2, -0.15) is 0 Å². The summed E-state index contributed by atoms with van der Waals surface area (Å²) in [6.07, 6.45) is 7.17. The minimum absolute atomic E-state index is 0.0201. The van der Waals surface area contributed by atoms with Crippen LogP contribution in [0, 0.1) is 11.8 Å². The zero-order valence-corrected chi connectivity index (χ0v) is 19.1. The SMILES string of the molecule is CCOC(=O)C1CCC(CNC(=O)c2cc(-c3ccc(-c4ccncc4)cc3)cs2)CC1. The second-order valence-corrected chi connectivity index (χ2v) is 9.10. The van der Waals surface area contributed by atoms with Gasteiger partial charge in [-0.1, -0.05) is 24.3 Å². The van der Waals surface area contributed by atoms with Gasteiger partial charge in [0.25, 0.3) is 5.91 Å². The summed E-state index contributed by atoms with van der Waals surface area (Å²) < 4.78 is 5.13. The first-order valence-electron chi connectivity index (χ1n) is 11.2. The number of carbonyl (C=O) groups excluding carboxylic acids is 2. The normalized spacial score (nSPS) is 18.2. The Hall–Kier alpha value is -2.99. The van der Waals surface area contributed by atoms with Crippen molar-refractivity contribution in [3.8, 4) is 22.3 Å². The van der Waals surface area contributed by atoms with Crippen LogP contribution in [0.1, 0.15) is 42.3 Å². The van der Waals surface area contributed by atoms with Crippen LogP contribution in [0.15, 0.2) is 60.2 Å². The lowest BCUT2D eigenvalue weighted by Crippen LogP contribution is -2.32. The highest BCUT2D eigenvalue weighted by Crippen LogP contribution is 2.30. The zero-order chi connectivity index (χ0) is 22.3. The molecular weight excluding hydrogens is 420 g/mol. The Bertz CT molecular complexity index is 1040. The predicted molar refractivity (Wildman–Crippen MR) is 127 cm³/mol. The number of benzene rings is 1. The van der Waals surface area contributed by atoms with Gasteiger partial charge in [-0.25, -0.2) is 0 Å². The van der Waals surface area contributed by atoms with Gasteiger partial charge >= 0.3 is 5.97 Å². The third kappa shape index (κ3) is 5.43. The van der Waals surface area contributed by atoms with Crippen molar-refractivity contribution in [2.24, 2.45) is 11.8 Å². The molecule has 0 spiro atoms. The van der Waals surface area contributed by atoms with Gasteiger partial charge in [-0.3, -0.25) is 14.6 Å². The minimum atomic E-state index is -0.0742. The first-order chi connectivity index (χ1) is 15.6. The van der Waals surface area contributed by atoms with Gasteiger partial charge in [0.1, 0.15) is 0 Å². The molecule has 0 aliphatic heterocycles. The van der Waals surface area contributed by atoms with Gasteiger partial charge < -0.3 is 10.1 Å². The van der Waals surface area contributed by atoms with Crippen LogP contribution in [-0.4, -0.2) is 30.0 Å².